The molecule has 4 aromatic rings. The summed E-state index contributed by atoms with van der Waals surface area (Å²) in [6, 6.07) is 12.4. The van der Waals surface area contributed by atoms with Gasteiger partial charge in [0, 0.05) is 45.0 Å². The molecule has 0 aliphatic heterocycles. The van der Waals surface area contributed by atoms with Gasteiger partial charge in [-0.1, -0.05) is 18.2 Å². The van der Waals surface area contributed by atoms with Gasteiger partial charge in [0.2, 0.25) is 0 Å². The van der Waals surface area contributed by atoms with Gasteiger partial charge in [-0.25, -0.2) is 9.97 Å². The van der Waals surface area contributed by atoms with E-state index < -0.39 is 0 Å². The number of aliphatic imine (C=N–C) groups is 1. The molecule has 0 radical (unpaired) electrons. The van der Waals surface area contributed by atoms with Gasteiger partial charge >= 0.3 is 0 Å². The molecule has 3 aromatic heterocycles. The van der Waals surface area contributed by atoms with Crippen molar-refractivity contribution in [2.75, 3.05) is 19.6 Å². The van der Waals surface area contributed by atoms with Crippen molar-refractivity contribution in [3.63, 3.8) is 0 Å². The Labute approximate surface area is 206 Å². The van der Waals surface area contributed by atoms with Gasteiger partial charge in [-0.05, 0) is 51.0 Å². The number of halogens is 1. The lowest BCUT2D eigenvalue weighted by atomic mass is 10.3. The predicted octanol–water partition coefficient (Wildman–Crippen LogP) is 4.11. The lowest BCUT2D eigenvalue weighted by Crippen LogP contribution is -2.38. The first kappa shape index (κ1) is 24.0. The van der Waals surface area contributed by atoms with E-state index in [0.717, 1.165) is 67.7 Å². The summed E-state index contributed by atoms with van der Waals surface area (Å²) in [6.45, 7) is 9.54. The molecule has 0 saturated carbocycles. The molecule has 4 rings (SSSR count). The number of nitrogens with one attached hydrogen (secondary N) is 2. The zero-order valence-electron chi connectivity index (χ0n) is 19.0. The summed E-state index contributed by atoms with van der Waals surface area (Å²) in [6.07, 6.45) is 5.96. The van der Waals surface area contributed by atoms with E-state index in [-0.39, 0.29) is 24.0 Å². The van der Waals surface area contributed by atoms with Crippen LogP contribution < -0.4 is 10.6 Å². The number of fused-ring (bicyclic) bond motifs is 2. The number of nitrogens with zero attached hydrogens (tertiary/aromatic N) is 5. The number of pyridine rings is 1. The van der Waals surface area contributed by atoms with Crippen LogP contribution in [0.3, 0.4) is 0 Å². The van der Waals surface area contributed by atoms with E-state index in [9.17, 15) is 0 Å². The summed E-state index contributed by atoms with van der Waals surface area (Å²) < 4.78 is 4.36. The van der Waals surface area contributed by atoms with E-state index in [0.29, 0.717) is 0 Å². The second-order valence-electron chi connectivity index (χ2n) is 7.74. The molecule has 0 aliphatic carbocycles. The van der Waals surface area contributed by atoms with Crippen LogP contribution in [0, 0.1) is 13.8 Å². The molecule has 0 aliphatic rings. The average molecular weight is 545 g/mol. The molecule has 0 unspecified atom stereocenters. The van der Waals surface area contributed by atoms with Crippen molar-refractivity contribution in [2.45, 2.75) is 40.2 Å². The van der Waals surface area contributed by atoms with Crippen LogP contribution >= 0.6 is 24.0 Å². The molecule has 0 amide bonds. The highest BCUT2D eigenvalue weighted by molar-refractivity contribution is 14.0. The van der Waals surface area contributed by atoms with Crippen LogP contribution in [0.15, 0.2) is 53.8 Å². The molecule has 32 heavy (non-hydrogen) atoms. The highest BCUT2D eigenvalue weighted by atomic mass is 127. The third-order valence-electron chi connectivity index (χ3n) is 5.40. The van der Waals surface area contributed by atoms with Crippen LogP contribution in [0.2, 0.25) is 0 Å². The Kier molecular flexibility index (Phi) is 8.49. The Morgan fingerprint density at radius 1 is 1.06 bits per heavy atom. The molecule has 170 valence electrons. The zero-order valence-corrected chi connectivity index (χ0v) is 21.3. The molecule has 0 spiro atoms. The molecule has 8 heteroatoms. The van der Waals surface area contributed by atoms with Crippen LogP contribution in [0.5, 0.6) is 0 Å². The first-order valence-corrected chi connectivity index (χ1v) is 11.0. The van der Waals surface area contributed by atoms with Crippen LogP contribution in [0.4, 0.5) is 0 Å². The van der Waals surface area contributed by atoms with E-state index in [1.807, 2.05) is 12.3 Å². The van der Waals surface area contributed by atoms with Crippen molar-refractivity contribution in [1.29, 1.82) is 0 Å². The number of hydrogen-bond donors (Lipinski definition) is 2. The van der Waals surface area contributed by atoms with E-state index in [4.69, 9.17) is 9.98 Å². The summed E-state index contributed by atoms with van der Waals surface area (Å²) in [4.78, 5) is 14.1. The Balaban J connectivity index is 0.00000289. The molecule has 0 atom stereocenters. The predicted molar refractivity (Wildman–Crippen MR) is 142 cm³/mol. The van der Waals surface area contributed by atoms with Crippen molar-refractivity contribution in [1.82, 2.24) is 29.6 Å². The minimum absolute atomic E-state index is 0. The molecule has 0 fully saturated rings. The topological polar surface area (TPSA) is 71.5 Å². The summed E-state index contributed by atoms with van der Waals surface area (Å²) in [5.41, 5.74) is 5.55. The van der Waals surface area contributed by atoms with Gasteiger partial charge in [0.1, 0.15) is 11.5 Å². The van der Waals surface area contributed by atoms with Crippen molar-refractivity contribution in [2.24, 2.45) is 4.99 Å². The van der Waals surface area contributed by atoms with Gasteiger partial charge < -0.3 is 19.6 Å². The number of imidazole rings is 2. The van der Waals surface area contributed by atoms with Crippen molar-refractivity contribution >= 4 is 46.6 Å². The maximum absolute atomic E-state index is 4.75. The van der Waals surface area contributed by atoms with Gasteiger partial charge in [-0.3, -0.25) is 4.99 Å². The molecule has 7 nitrogen and oxygen atoms in total. The Morgan fingerprint density at radius 2 is 1.91 bits per heavy atom. The summed E-state index contributed by atoms with van der Waals surface area (Å²) in [5.74, 6) is 1.91. The lowest BCUT2D eigenvalue weighted by molar-refractivity contribution is 0.645. The molecular formula is C24H32IN7. The van der Waals surface area contributed by atoms with Gasteiger partial charge in [0.15, 0.2) is 5.96 Å². The second kappa shape index (κ2) is 11.3. The van der Waals surface area contributed by atoms with E-state index in [1.54, 1.807) is 0 Å². The van der Waals surface area contributed by atoms with Crippen LogP contribution in [-0.4, -0.2) is 44.5 Å². The molecule has 1 aromatic carbocycles. The van der Waals surface area contributed by atoms with Gasteiger partial charge in [-0.15, -0.1) is 24.0 Å². The lowest BCUT2D eigenvalue weighted by Gasteiger charge is -2.11. The molecular weight excluding hydrogens is 513 g/mol. The number of guanidine groups is 1. The quantitative estimate of drug-likeness (QED) is 0.151. The fourth-order valence-corrected chi connectivity index (χ4v) is 3.87. The Morgan fingerprint density at radius 3 is 2.72 bits per heavy atom. The first-order valence-electron chi connectivity index (χ1n) is 11.0. The Bertz CT molecular complexity index is 1190. The van der Waals surface area contributed by atoms with Crippen molar-refractivity contribution in [3.8, 4) is 0 Å². The van der Waals surface area contributed by atoms with Crippen LogP contribution in [0.1, 0.15) is 30.4 Å². The standard InChI is InChI=1S/C24H31N7.HI/c1-4-25-24(27-14-12-20-17-30-15-7-9-18(2)23(30)29-20)26-13-8-16-31-19(3)28-21-10-5-6-11-22(21)31;/h5-7,9-11,15,17H,4,8,12-14,16H2,1-3H3,(H2,25,26,27);1H. The fraction of sp³-hybridized carbons (Fsp3) is 0.375. The minimum atomic E-state index is 0. The van der Waals surface area contributed by atoms with Gasteiger partial charge in [-0.2, -0.15) is 0 Å². The summed E-state index contributed by atoms with van der Waals surface area (Å²) >= 11 is 0. The largest absolute Gasteiger partial charge is 0.357 e. The van der Waals surface area contributed by atoms with Crippen molar-refractivity contribution < 1.29 is 0 Å². The van der Waals surface area contributed by atoms with E-state index in [2.05, 4.69) is 81.9 Å². The highest BCUT2D eigenvalue weighted by Crippen LogP contribution is 2.15. The Hall–Kier alpha value is -2.62. The van der Waals surface area contributed by atoms with Crippen LogP contribution in [-0.2, 0) is 13.0 Å². The maximum atomic E-state index is 4.75. The molecule has 3 heterocycles. The normalized spacial score (nSPS) is 11.7. The maximum Gasteiger partial charge on any atom is 0.191 e. The summed E-state index contributed by atoms with van der Waals surface area (Å²) in [7, 11) is 0. The van der Waals surface area contributed by atoms with Gasteiger partial charge in [0.05, 0.1) is 16.7 Å². The fourth-order valence-electron chi connectivity index (χ4n) is 3.87. The average Bonchev–Trinajstić information content (AvgIpc) is 3.32. The SMILES string of the molecule is CCNC(=NCCCn1c(C)nc2ccccc21)NCCc1cn2cccc(C)c2n1.I. The number of aromatic nitrogens is 4. The van der Waals surface area contributed by atoms with Crippen LogP contribution in [0.25, 0.3) is 16.7 Å². The summed E-state index contributed by atoms with van der Waals surface area (Å²) in [5, 5.41) is 6.77. The van der Waals surface area contributed by atoms with Gasteiger partial charge in [0.25, 0.3) is 0 Å². The molecule has 0 bridgehead atoms. The van der Waals surface area contributed by atoms with Crippen molar-refractivity contribution in [3.05, 3.63) is 65.9 Å². The highest BCUT2D eigenvalue weighted by Gasteiger charge is 2.07. The third kappa shape index (κ3) is 5.59. The second-order valence-corrected chi connectivity index (χ2v) is 7.74. The first-order chi connectivity index (χ1) is 15.2. The van der Waals surface area contributed by atoms with E-state index in [1.165, 1.54) is 11.1 Å². The minimum Gasteiger partial charge on any atom is -0.357 e. The smallest absolute Gasteiger partial charge is 0.191 e. The number of hydrogen-bond acceptors (Lipinski definition) is 3. The van der Waals surface area contributed by atoms with E-state index >= 15 is 0 Å². The third-order valence-corrected chi connectivity index (χ3v) is 5.40. The molecule has 2 N–H and O–H groups in total. The zero-order chi connectivity index (χ0) is 21.6. The number of rotatable bonds is 8. The number of benzene rings is 1. The monoisotopic (exact) mass is 545 g/mol. The number of para-hydroxylation sites is 2. The molecule has 0 saturated heterocycles. The number of aryl methyl sites for hydroxylation is 3.